The highest BCUT2D eigenvalue weighted by molar-refractivity contribution is 5.97. The van der Waals surface area contributed by atoms with E-state index in [1.807, 2.05) is 60.8 Å². The van der Waals surface area contributed by atoms with Crippen molar-refractivity contribution in [1.29, 1.82) is 0 Å². The number of phenolic OH excluding ortho intramolecular Hbond substituents is 1. The maximum absolute atomic E-state index is 10.9. The summed E-state index contributed by atoms with van der Waals surface area (Å²) in [7, 11) is 0. The van der Waals surface area contributed by atoms with Crippen molar-refractivity contribution in [3.8, 4) is 45.2 Å². The Morgan fingerprint density at radius 1 is 0.619 bits per heavy atom. The zero-order chi connectivity index (χ0) is 28.5. The number of aromatic nitrogens is 3. The van der Waals surface area contributed by atoms with Gasteiger partial charge in [0.2, 0.25) is 0 Å². The summed E-state index contributed by atoms with van der Waals surface area (Å²) in [4.78, 5) is 9.85. The van der Waals surface area contributed by atoms with Gasteiger partial charge in [0, 0.05) is 28.9 Å². The van der Waals surface area contributed by atoms with Crippen LogP contribution in [0.2, 0.25) is 0 Å². The lowest BCUT2D eigenvalue weighted by Gasteiger charge is -2.16. The van der Waals surface area contributed by atoms with Crippen LogP contribution in [0, 0.1) is 0 Å². The molecule has 1 atom stereocenters. The van der Waals surface area contributed by atoms with Crippen molar-refractivity contribution in [1.82, 2.24) is 14.5 Å². The fourth-order valence-corrected chi connectivity index (χ4v) is 5.66. The van der Waals surface area contributed by atoms with E-state index in [9.17, 15) is 5.11 Å². The molecule has 42 heavy (non-hydrogen) atoms. The highest BCUT2D eigenvalue weighted by Crippen LogP contribution is 2.40. The fraction of sp³-hybridized carbons (Fsp3) is 0.0526. The van der Waals surface area contributed by atoms with Gasteiger partial charge in [-0.3, -0.25) is 9.55 Å². The normalized spacial score (nSPS) is 11.9. The Balaban J connectivity index is 1.55. The van der Waals surface area contributed by atoms with Gasteiger partial charge in [-0.05, 0) is 71.3 Å². The van der Waals surface area contributed by atoms with Gasteiger partial charge in [-0.2, -0.15) is 0 Å². The van der Waals surface area contributed by atoms with Gasteiger partial charge in [0.05, 0.1) is 22.3 Å². The van der Waals surface area contributed by atoms with Crippen LogP contribution in [0.15, 0.2) is 146 Å². The van der Waals surface area contributed by atoms with Crippen molar-refractivity contribution in [2.45, 2.75) is 12.8 Å². The predicted molar refractivity (Wildman–Crippen MR) is 171 cm³/mol. The van der Waals surface area contributed by atoms with Crippen LogP contribution in [0.5, 0.6) is 5.75 Å². The first-order chi connectivity index (χ1) is 20.7. The average molecular weight is 544 g/mol. The van der Waals surface area contributed by atoms with E-state index in [0.717, 1.165) is 39.1 Å². The van der Waals surface area contributed by atoms with Crippen molar-refractivity contribution in [2.75, 3.05) is 0 Å². The molecule has 0 radical (unpaired) electrons. The Hall–Kier alpha value is -5.48. The fourth-order valence-electron chi connectivity index (χ4n) is 5.66. The molecule has 0 aliphatic heterocycles. The number of aromatic hydroxyl groups is 1. The van der Waals surface area contributed by atoms with Gasteiger partial charge in [0.25, 0.3) is 0 Å². The SMILES string of the molecule is CC(c1ccccc1)c1cc(-c2cccc(-c3ccccn3)c2)c2nc(-c3ccccc3O)n(-c3ccccc3)c2c1. The van der Waals surface area contributed by atoms with Crippen molar-refractivity contribution in [3.05, 3.63) is 157 Å². The van der Waals surface area contributed by atoms with Gasteiger partial charge in [-0.25, -0.2) is 4.98 Å². The molecule has 0 saturated heterocycles. The largest absolute Gasteiger partial charge is 0.507 e. The van der Waals surface area contributed by atoms with Crippen molar-refractivity contribution in [2.24, 2.45) is 0 Å². The van der Waals surface area contributed by atoms with Gasteiger partial charge in [-0.1, -0.05) is 91.9 Å². The summed E-state index contributed by atoms with van der Waals surface area (Å²) in [6, 6.07) is 47.2. The predicted octanol–water partition coefficient (Wildman–Crippen LogP) is 9.28. The number of imidazole rings is 1. The van der Waals surface area contributed by atoms with E-state index >= 15 is 0 Å². The van der Waals surface area contributed by atoms with Gasteiger partial charge < -0.3 is 5.11 Å². The standard InChI is InChI=1S/C38H29N3O/c1-26(27-13-4-2-5-14-27)30-24-33(28-15-12-16-29(23-28)34-20-10-11-22-39-34)37-35(25-30)41(31-17-6-3-7-18-31)38(40-37)32-19-8-9-21-36(32)42/h2-26,42H,1H3. The van der Waals surface area contributed by atoms with Gasteiger partial charge in [0.1, 0.15) is 11.6 Å². The zero-order valence-corrected chi connectivity index (χ0v) is 23.2. The highest BCUT2D eigenvalue weighted by Gasteiger charge is 2.22. The van der Waals surface area contributed by atoms with Crippen molar-refractivity contribution < 1.29 is 5.11 Å². The lowest BCUT2D eigenvalue weighted by atomic mass is 9.89. The first kappa shape index (κ1) is 25.5. The smallest absolute Gasteiger partial charge is 0.149 e. The van der Waals surface area contributed by atoms with E-state index in [2.05, 4.69) is 95.3 Å². The molecule has 0 fully saturated rings. The lowest BCUT2D eigenvalue weighted by Crippen LogP contribution is -2.00. The van der Waals surface area contributed by atoms with E-state index in [4.69, 9.17) is 4.98 Å². The molecule has 1 unspecified atom stereocenters. The molecule has 5 aromatic carbocycles. The van der Waals surface area contributed by atoms with Crippen molar-refractivity contribution in [3.63, 3.8) is 0 Å². The second-order valence-electron chi connectivity index (χ2n) is 10.5. The van der Waals surface area contributed by atoms with E-state index in [1.54, 1.807) is 6.07 Å². The molecular formula is C38H29N3O. The molecule has 4 nitrogen and oxygen atoms in total. The average Bonchev–Trinajstić information content (AvgIpc) is 3.45. The van der Waals surface area contributed by atoms with Crippen molar-refractivity contribution >= 4 is 11.0 Å². The summed E-state index contributed by atoms with van der Waals surface area (Å²) in [6.07, 6.45) is 1.82. The molecule has 1 N–H and O–H groups in total. The molecule has 0 aliphatic carbocycles. The van der Waals surface area contributed by atoms with Crippen LogP contribution in [0.3, 0.4) is 0 Å². The number of pyridine rings is 1. The van der Waals surface area contributed by atoms with Gasteiger partial charge in [0.15, 0.2) is 0 Å². The third-order valence-corrected chi connectivity index (χ3v) is 7.88. The summed E-state index contributed by atoms with van der Waals surface area (Å²) in [5, 5.41) is 10.9. The number of rotatable bonds is 6. The summed E-state index contributed by atoms with van der Waals surface area (Å²) >= 11 is 0. The Labute approximate surface area is 245 Å². The second-order valence-corrected chi connectivity index (χ2v) is 10.5. The first-order valence-corrected chi connectivity index (χ1v) is 14.1. The second kappa shape index (κ2) is 10.8. The monoisotopic (exact) mass is 543 g/mol. The number of para-hydroxylation sites is 2. The summed E-state index contributed by atoms with van der Waals surface area (Å²) in [5.74, 6) is 1.04. The molecule has 0 bridgehead atoms. The summed E-state index contributed by atoms with van der Waals surface area (Å²) in [6.45, 7) is 2.25. The molecule has 0 saturated carbocycles. The molecule has 2 aromatic heterocycles. The van der Waals surface area contributed by atoms with Crippen LogP contribution < -0.4 is 0 Å². The van der Waals surface area contributed by atoms with E-state index in [-0.39, 0.29) is 11.7 Å². The number of hydrogen-bond donors (Lipinski definition) is 1. The van der Waals surface area contributed by atoms with E-state index in [1.165, 1.54) is 11.1 Å². The third kappa shape index (κ3) is 4.63. The topological polar surface area (TPSA) is 50.9 Å². The zero-order valence-electron chi connectivity index (χ0n) is 23.2. The number of hydrogen-bond acceptors (Lipinski definition) is 3. The molecule has 0 amide bonds. The van der Waals surface area contributed by atoms with Gasteiger partial charge >= 0.3 is 0 Å². The summed E-state index contributed by atoms with van der Waals surface area (Å²) < 4.78 is 2.16. The van der Waals surface area contributed by atoms with Gasteiger partial charge in [-0.15, -0.1) is 0 Å². The number of fused-ring (bicyclic) bond motifs is 1. The summed E-state index contributed by atoms with van der Waals surface area (Å²) in [5.41, 5.74) is 10.0. The Kier molecular flexibility index (Phi) is 6.57. The minimum Gasteiger partial charge on any atom is -0.507 e. The highest BCUT2D eigenvalue weighted by atomic mass is 16.3. The number of benzene rings is 5. The third-order valence-electron chi connectivity index (χ3n) is 7.88. The van der Waals surface area contributed by atoms with Crippen LogP contribution in [0.1, 0.15) is 24.0 Å². The maximum Gasteiger partial charge on any atom is 0.149 e. The van der Waals surface area contributed by atoms with E-state index in [0.29, 0.717) is 11.4 Å². The van der Waals surface area contributed by atoms with Crippen LogP contribution in [0.4, 0.5) is 0 Å². The minimum atomic E-state index is 0.154. The van der Waals surface area contributed by atoms with Crippen LogP contribution in [-0.2, 0) is 0 Å². The Morgan fingerprint density at radius 3 is 2.10 bits per heavy atom. The first-order valence-electron chi connectivity index (χ1n) is 14.1. The van der Waals surface area contributed by atoms with Crippen LogP contribution >= 0.6 is 0 Å². The molecule has 202 valence electrons. The van der Waals surface area contributed by atoms with Crippen LogP contribution in [-0.4, -0.2) is 19.6 Å². The van der Waals surface area contributed by atoms with Crippen LogP contribution in [0.25, 0.3) is 50.5 Å². The molecule has 0 aliphatic rings. The Morgan fingerprint density at radius 2 is 1.33 bits per heavy atom. The molecule has 7 aromatic rings. The molecule has 2 heterocycles. The number of phenols is 1. The molecule has 4 heteroatoms. The lowest BCUT2D eigenvalue weighted by molar-refractivity contribution is 0.477. The molecule has 0 spiro atoms. The quantitative estimate of drug-likeness (QED) is 0.227. The number of nitrogens with zero attached hydrogens (tertiary/aromatic N) is 3. The maximum atomic E-state index is 10.9. The molecular weight excluding hydrogens is 514 g/mol. The van der Waals surface area contributed by atoms with E-state index < -0.39 is 0 Å². The Bertz CT molecular complexity index is 2000. The molecule has 7 rings (SSSR count). The minimum absolute atomic E-state index is 0.154.